The van der Waals surface area contributed by atoms with Crippen LogP contribution in [0.4, 0.5) is 11.4 Å². The van der Waals surface area contributed by atoms with Crippen molar-refractivity contribution in [3.8, 4) is 11.5 Å². The molecule has 0 radical (unpaired) electrons. The summed E-state index contributed by atoms with van der Waals surface area (Å²) in [4.78, 5) is 37.6. The first kappa shape index (κ1) is 41.4. The van der Waals surface area contributed by atoms with Crippen molar-refractivity contribution in [2.24, 2.45) is 0 Å². The van der Waals surface area contributed by atoms with Crippen molar-refractivity contribution in [2.45, 2.75) is 80.0 Å². The Morgan fingerprint density at radius 2 is 1.84 bits per heavy atom. The predicted octanol–water partition coefficient (Wildman–Crippen LogP) is 7.54. The van der Waals surface area contributed by atoms with E-state index < -0.39 is 31.4 Å². The van der Waals surface area contributed by atoms with Crippen LogP contribution in [0.5, 0.6) is 11.5 Å². The number of likely N-dealkylation sites (tertiary alicyclic amines) is 1. The molecule has 2 aromatic heterocycles. The second-order valence-corrected chi connectivity index (χ2v) is 19.0. The maximum atomic E-state index is 14.0. The number of anilines is 1. The molecule has 63 heavy (non-hydrogen) atoms. The molecule has 5 heterocycles. The molecule has 328 valence electrons. The van der Waals surface area contributed by atoms with E-state index in [4.69, 9.17) is 14.2 Å². The Balaban J connectivity index is 0.869. The van der Waals surface area contributed by atoms with Crippen LogP contribution in [0.3, 0.4) is 0 Å². The van der Waals surface area contributed by atoms with Crippen LogP contribution in [-0.2, 0) is 19.5 Å². The highest BCUT2D eigenvalue weighted by atomic mass is 32.2. The van der Waals surface area contributed by atoms with Crippen LogP contribution in [0.1, 0.15) is 84.0 Å². The van der Waals surface area contributed by atoms with Crippen molar-refractivity contribution in [3.63, 3.8) is 0 Å². The van der Waals surface area contributed by atoms with Gasteiger partial charge in [-0.1, -0.05) is 36.4 Å². The average molecular weight is 874 g/mol. The lowest BCUT2D eigenvalue weighted by atomic mass is 9.88. The maximum absolute atomic E-state index is 14.0. The topological polar surface area (TPSA) is 181 Å². The first-order valence-corrected chi connectivity index (χ1v) is 23.5. The fraction of sp³-hybridized carbons (Fsp3) is 0.404. The molecule has 3 aromatic carbocycles. The van der Waals surface area contributed by atoms with E-state index in [2.05, 4.69) is 60.1 Å². The molecule has 4 fully saturated rings. The van der Waals surface area contributed by atoms with Gasteiger partial charge in [-0.3, -0.25) is 24.7 Å². The van der Waals surface area contributed by atoms with Crippen LogP contribution in [0, 0.1) is 10.1 Å². The monoisotopic (exact) mass is 873 g/mol. The van der Waals surface area contributed by atoms with Gasteiger partial charge in [0, 0.05) is 49.4 Å². The lowest BCUT2D eigenvalue weighted by Gasteiger charge is -2.42. The lowest BCUT2D eigenvalue weighted by molar-refractivity contribution is -0.384. The number of morpholine rings is 1. The normalized spacial score (nSPS) is 22.3. The number of aromatic amines is 1. The molecular formula is C47H51N7O8S. The van der Waals surface area contributed by atoms with Gasteiger partial charge >= 0.3 is 0 Å². The van der Waals surface area contributed by atoms with Crippen molar-refractivity contribution in [3.05, 3.63) is 124 Å². The van der Waals surface area contributed by atoms with Crippen LogP contribution >= 0.6 is 0 Å². The van der Waals surface area contributed by atoms with Gasteiger partial charge in [0.2, 0.25) is 0 Å². The van der Waals surface area contributed by atoms with Crippen LogP contribution in [-0.4, -0.2) is 103 Å². The van der Waals surface area contributed by atoms with Gasteiger partial charge in [-0.05, 0) is 116 Å². The Hall–Kier alpha value is -5.65. The minimum atomic E-state index is -4.58. The molecule has 0 spiro atoms. The first-order valence-electron chi connectivity index (χ1n) is 22.0. The quantitative estimate of drug-likeness (QED) is 0.0738. The molecule has 1 saturated carbocycles. The van der Waals surface area contributed by atoms with E-state index in [0.717, 1.165) is 54.9 Å². The second kappa shape index (κ2) is 17.5. The van der Waals surface area contributed by atoms with E-state index in [0.29, 0.717) is 61.8 Å². The molecule has 3 aliphatic heterocycles. The maximum Gasteiger partial charge on any atom is 0.293 e. The highest BCUT2D eigenvalue weighted by Crippen LogP contribution is 2.47. The fourth-order valence-corrected chi connectivity index (χ4v) is 10.7. The van der Waals surface area contributed by atoms with E-state index in [1.54, 1.807) is 24.4 Å². The first-order chi connectivity index (χ1) is 30.7. The minimum Gasteiger partial charge on any atom is -0.455 e. The summed E-state index contributed by atoms with van der Waals surface area (Å²) in [6, 6.07) is 22.5. The number of nitro groups is 1. The van der Waals surface area contributed by atoms with Gasteiger partial charge in [0.15, 0.2) is 0 Å². The number of nitrogens with one attached hydrogen (secondary N) is 3. The molecule has 2 unspecified atom stereocenters. The molecule has 3 saturated heterocycles. The molecule has 5 aromatic rings. The van der Waals surface area contributed by atoms with Crippen molar-refractivity contribution < 1.29 is 32.3 Å². The molecular weight excluding hydrogens is 823 g/mol. The number of fused-ring (bicyclic) bond motifs is 1. The zero-order valence-corrected chi connectivity index (χ0v) is 35.7. The summed E-state index contributed by atoms with van der Waals surface area (Å²) in [5.74, 6) is 0.265. The van der Waals surface area contributed by atoms with Gasteiger partial charge in [-0.2, -0.15) is 0 Å². The number of hydrogen-bond donors (Lipinski definition) is 3. The number of nitro benzene ring substituents is 1. The number of ether oxygens (including phenoxy) is 3. The number of carbonyl (C=O) groups is 1. The number of nitrogens with zero attached hydrogens (tertiary/aromatic N) is 4. The SMILES string of the molecule is O=C(NS(=O)(=O)c1ccc(NC[C@@H]2CN(C3COC3)CCO2)c([N+](=O)[O-])c1)c1ccc(C2=CCC(N3CCCC3c3ccccc3C3CC3)CC2)cc1Oc1cnc2[nH]ccc2c1. The average Bonchev–Trinajstić information content (AvgIpc) is 3.81. The number of sulfonamides is 1. The van der Waals surface area contributed by atoms with Crippen molar-refractivity contribution in [2.75, 3.05) is 51.3 Å². The van der Waals surface area contributed by atoms with E-state index in [1.807, 2.05) is 12.1 Å². The van der Waals surface area contributed by atoms with E-state index >= 15 is 0 Å². The van der Waals surface area contributed by atoms with E-state index in [9.17, 15) is 23.3 Å². The Morgan fingerprint density at radius 3 is 2.62 bits per heavy atom. The van der Waals surface area contributed by atoms with Crippen LogP contribution in [0.2, 0.25) is 0 Å². The number of carbonyl (C=O) groups excluding carboxylic acids is 1. The van der Waals surface area contributed by atoms with Crippen molar-refractivity contribution >= 4 is 43.9 Å². The standard InChI is InChI=1S/C47H51N7O8S/c55-47(51-63(58,59)38-14-16-42(44(24-38)54(56)57)49-26-37-27-52(20-21-61-37)35-28-60-29-35)41-15-11-32(23-45(41)62-36-22-33-17-18-48-46(33)50-25-36)30-9-12-34(13-10-30)53-19-3-6-43(53)40-5-2-1-4-39(40)31-7-8-31/h1-2,4-5,9,11,14-18,22-25,31,34-35,37,43,49H,3,6-8,10,12-13,19-21,26-29H2,(H,48,50)(H,51,55)/t34?,37-,43?/m1/s1. The number of hydrogen-bond acceptors (Lipinski definition) is 12. The molecule has 3 atom stereocenters. The second-order valence-electron chi connectivity index (χ2n) is 17.3. The van der Waals surface area contributed by atoms with Crippen molar-refractivity contribution in [1.82, 2.24) is 24.5 Å². The highest BCUT2D eigenvalue weighted by molar-refractivity contribution is 7.90. The van der Waals surface area contributed by atoms with Gasteiger partial charge in [-0.15, -0.1) is 0 Å². The Morgan fingerprint density at radius 1 is 0.984 bits per heavy atom. The zero-order valence-electron chi connectivity index (χ0n) is 34.9. The molecule has 15 nitrogen and oxygen atoms in total. The summed E-state index contributed by atoms with van der Waals surface area (Å²) in [5, 5.41) is 16.1. The predicted molar refractivity (Wildman–Crippen MR) is 237 cm³/mol. The molecule has 10 rings (SSSR count). The smallest absolute Gasteiger partial charge is 0.293 e. The van der Waals surface area contributed by atoms with Gasteiger partial charge in [0.25, 0.3) is 21.6 Å². The summed E-state index contributed by atoms with van der Waals surface area (Å²) < 4.78 is 47.2. The van der Waals surface area contributed by atoms with Gasteiger partial charge in [-0.25, -0.2) is 18.1 Å². The van der Waals surface area contributed by atoms with E-state index in [1.165, 1.54) is 55.1 Å². The third kappa shape index (κ3) is 8.82. The minimum absolute atomic E-state index is 0.0252. The van der Waals surface area contributed by atoms with Crippen LogP contribution < -0.4 is 14.8 Å². The molecule has 1 amide bonds. The number of rotatable bonds is 14. The summed E-state index contributed by atoms with van der Waals surface area (Å²) >= 11 is 0. The third-order valence-corrected chi connectivity index (χ3v) is 14.6. The summed E-state index contributed by atoms with van der Waals surface area (Å²) in [7, 11) is -4.58. The number of pyridine rings is 1. The number of allylic oxidation sites excluding steroid dienone is 1. The van der Waals surface area contributed by atoms with Crippen molar-refractivity contribution in [1.29, 1.82) is 0 Å². The summed E-state index contributed by atoms with van der Waals surface area (Å²) in [6.45, 7) is 4.68. The molecule has 5 aliphatic rings. The third-order valence-electron chi connectivity index (χ3n) is 13.2. The Kier molecular flexibility index (Phi) is 11.5. The van der Waals surface area contributed by atoms with Gasteiger partial charge in [0.1, 0.15) is 22.8 Å². The van der Waals surface area contributed by atoms with Crippen LogP contribution in [0.25, 0.3) is 16.6 Å². The number of benzene rings is 3. The highest BCUT2D eigenvalue weighted by Gasteiger charge is 2.37. The lowest BCUT2D eigenvalue weighted by Crippen LogP contribution is -2.56. The molecule has 16 heteroatoms. The zero-order chi connectivity index (χ0) is 43.1. The molecule has 0 bridgehead atoms. The number of H-pyrrole nitrogens is 1. The molecule has 2 aliphatic carbocycles. The fourth-order valence-electron chi connectivity index (χ4n) is 9.69. The summed E-state index contributed by atoms with van der Waals surface area (Å²) in [6.07, 6.45) is 13.0. The van der Waals surface area contributed by atoms with E-state index in [-0.39, 0.29) is 29.6 Å². The Labute approximate surface area is 366 Å². The largest absolute Gasteiger partial charge is 0.455 e. The number of aromatic nitrogens is 2. The number of amides is 1. The molecule has 3 N–H and O–H groups in total. The summed E-state index contributed by atoms with van der Waals surface area (Å²) in [5.41, 5.74) is 5.36. The van der Waals surface area contributed by atoms with Gasteiger partial charge in [0.05, 0.1) is 53.5 Å². The van der Waals surface area contributed by atoms with Crippen LogP contribution in [0.15, 0.2) is 96.2 Å². The Bertz CT molecular complexity index is 2680. The van der Waals surface area contributed by atoms with Gasteiger partial charge < -0.3 is 24.5 Å².